The molecule has 1 aromatic rings. The standard InChI is InChI=1S/C27H40N2O/c1-2-26-13-6-14-27(20-26,23-7-4-3-5-8-23)18-21(17-26)9-10-25(30)28-24-19-29-15-11-22(24)12-16-29/h3-5,7-8,21-22,24H,2,6,9-20H2,1H3,(H,28,30)/t21?,24-,26+,27+/m1/s1. The third kappa shape index (κ3) is 3.95. The zero-order valence-electron chi connectivity index (χ0n) is 18.9. The highest BCUT2D eigenvalue weighted by Crippen LogP contribution is 2.60. The summed E-state index contributed by atoms with van der Waals surface area (Å²) in [7, 11) is 0. The quantitative estimate of drug-likeness (QED) is 0.693. The number of amides is 1. The largest absolute Gasteiger partial charge is 0.352 e. The Balaban J connectivity index is 1.24. The van der Waals surface area contributed by atoms with E-state index in [-0.39, 0.29) is 0 Å². The first kappa shape index (κ1) is 20.5. The molecule has 1 amide bonds. The Morgan fingerprint density at radius 3 is 2.63 bits per heavy atom. The summed E-state index contributed by atoms with van der Waals surface area (Å²) in [6.45, 7) is 5.96. The van der Waals surface area contributed by atoms with Crippen LogP contribution in [0.4, 0.5) is 0 Å². The van der Waals surface area contributed by atoms with Gasteiger partial charge in [0.05, 0.1) is 0 Å². The monoisotopic (exact) mass is 408 g/mol. The molecule has 164 valence electrons. The Morgan fingerprint density at radius 1 is 1.13 bits per heavy atom. The van der Waals surface area contributed by atoms with Crippen LogP contribution in [-0.2, 0) is 10.2 Å². The molecule has 3 saturated heterocycles. The highest BCUT2D eigenvalue weighted by molar-refractivity contribution is 5.76. The number of carbonyl (C=O) groups excluding carboxylic acids is 1. The molecular weight excluding hydrogens is 368 g/mol. The van der Waals surface area contributed by atoms with Crippen LogP contribution in [0.1, 0.15) is 83.1 Å². The van der Waals surface area contributed by atoms with Gasteiger partial charge in [-0.2, -0.15) is 0 Å². The van der Waals surface area contributed by atoms with E-state index in [9.17, 15) is 4.79 Å². The number of nitrogens with zero attached hydrogens (tertiary/aromatic N) is 1. The summed E-state index contributed by atoms with van der Waals surface area (Å²) in [6.07, 6.45) is 13.7. The third-order valence-corrected chi connectivity index (χ3v) is 9.40. The minimum Gasteiger partial charge on any atom is -0.352 e. The van der Waals surface area contributed by atoms with Crippen molar-refractivity contribution >= 4 is 5.91 Å². The molecule has 3 heterocycles. The third-order valence-electron chi connectivity index (χ3n) is 9.40. The van der Waals surface area contributed by atoms with E-state index in [0.717, 1.165) is 25.3 Å². The van der Waals surface area contributed by atoms with E-state index in [0.29, 0.717) is 28.7 Å². The predicted molar refractivity (Wildman–Crippen MR) is 122 cm³/mol. The predicted octanol–water partition coefficient (Wildman–Crippen LogP) is 5.30. The minimum absolute atomic E-state index is 0.309. The van der Waals surface area contributed by atoms with E-state index in [1.165, 1.54) is 70.9 Å². The Labute approximate surface area is 183 Å². The average molecular weight is 409 g/mol. The second-order valence-electron chi connectivity index (χ2n) is 11.2. The molecule has 1 aromatic carbocycles. The van der Waals surface area contributed by atoms with E-state index >= 15 is 0 Å². The van der Waals surface area contributed by atoms with Gasteiger partial charge in [-0.3, -0.25) is 4.79 Å². The highest BCUT2D eigenvalue weighted by atomic mass is 16.1. The minimum atomic E-state index is 0.309. The van der Waals surface area contributed by atoms with Crippen molar-refractivity contribution in [2.75, 3.05) is 19.6 Å². The van der Waals surface area contributed by atoms with Crippen LogP contribution in [0.3, 0.4) is 0 Å². The number of hydrogen-bond donors (Lipinski definition) is 1. The zero-order chi connectivity index (χ0) is 20.6. The molecule has 5 aliphatic rings. The molecule has 0 spiro atoms. The Morgan fingerprint density at radius 2 is 1.93 bits per heavy atom. The molecule has 30 heavy (non-hydrogen) atoms. The first-order valence-corrected chi connectivity index (χ1v) is 12.7. The van der Waals surface area contributed by atoms with E-state index in [4.69, 9.17) is 0 Å². The lowest BCUT2D eigenvalue weighted by atomic mass is 9.49. The molecular formula is C27H40N2O. The lowest BCUT2D eigenvalue weighted by Crippen LogP contribution is -2.57. The van der Waals surface area contributed by atoms with E-state index < -0.39 is 0 Å². The number of rotatable bonds is 6. The van der Waals surface area contributed by atoms with Crippen LogP contribution >= 0.6 is 0 Å². The zero-order valence-corrected chi connectivity index (χ0v) is 18.9. The molecule has 3 aliphatic heterocycles. The summed E-state index contributed by atoms with van der Waals surface area (Å²) in [6, 6.07) is 11.7. The molecule has 2 saturated carbocycles. The van der Waals surface area contributed by atoms with Gasteiger partial charge in [0.2, 0.25) is 5.91 Å². The number of benzene rings is 1. The van der Waals surface area contributed by atoms with Gasteiger partial charge in [0.1, 0.15) is 0 Å². The number of piperidine rings is 3. The van der Waals surface area contributed by atoms with Crippen LogP contribution in [0.25, 0.3) is 0 Å². The van der Waals surface area contributed by atoms with Gasteiger partial charge < -0.3 is 10.2 Å². The molecule has 0 radical (unpaired) electrons. The van der Waals surface area contributed by atoms with Crippen molar-refractivity contribution in [3.05, 3.63) is 35.9 Å². The molecule has 0 aromatic heterocycles. The summed E-state index contributed by atoms with van der Waals surface area (Å²) < 4.78 is 0. The molecule has 3 nitrogen and oxygen atoms in total. The van der Waals surface area contributed by atoms with Crippen LogP contribution < -0.4 is 5.32 Å². The normalized spacial score (nSPS) is 40.2. The molecule has 1 N–H and O–H groups in total. The van der Waals surface area contributed by atoms with Gasteiger partial charge in [-0.1, -0.05) is 50.1 Å². The van der Waals surface area contributed by atoms with Crippen molar-refractivity contribution in [1.29, 1.82) is 0 Å². The Hall–Kier alpha value is -1.35. The summed E-state index contributed by atoms with van der Waals surface area (Å²) in [5.41, 5.74) is 2.41. The Kier molecular flexibility index (Phi) is 5.68. The van der Waals surface area contributed by atoms with Gasteiger partial charge in [0, 0.05) is 19.0 Å². The molecule has 4 atom stereocenters. The Bertz CT molecular complexity index is 740. The SMILES string of the molecule is CC[C@]12CCC[C@](c3ccccc3)(CC(CCC(=O)N[C@@H]3CN4CCC3CC4)C1)C2. The first-order chi connectivity index (χ1) is 14.6. The van der Waals surface area contributed by atoms with Crippen molar-refractivity contribution < 1.29 is 4.79 Å². The molecule has 5 fully saturated rings. The average Bonchev–Trinajstić information content (AvgIpc) is 2.79. The van der Waals surface area contributed by atoms with Gasteiger partial charge in [-0.05, 0) is 92.7 Å². The van der Waals surface area contributed by atoms with Crippen LogP contribution in [-0.4, -0.2) is 36.5 Å². The maximum atomic E-state index is 12.8. The summed E-state index contributed by atoms with van der Waals surface area (Å²) in [5, 5.41) is 3.42. The van der Waals surface area contributed by atoms with Gasteiger partial charge in [-0.15, -0.1) is 0 Å². The van der Waals surface area contributed by atoms with Crippen LogP contribution in [0.15, 0.2) is 30.3 Å². The van der Waals surface area contributed by atoms with Gasteiger partial charge in [0.25, 0.3) is 0 Å². The number of carbonyl (C=O) groups is 1. The second kappa shape index (κ2) is 8.30. The van der Waals surface area contributed by atoms with Crippen molar-refractivity contribution in [1.82, 2.24) is 10.2 Å². The van der Waals surface area contributed by atoms with Crippen molar-refractivity contribution in [2.45, 2.75) is 89.0 Å². The van der Waals surface area contributed by atoms with Crippen LogP contribution in [0.2, 0.25) is 0 Å². The fraction of sp³-hybridized carbons (Fsp3) is 0.741. The number of hydrogen-bond acceptors (Lipinski definition) is 2. The molecule has 6 rings (SSSR count). The smallest absolute Gasteiger partial charge is 0.220 e. The molecule has 2 aliphatic carbocycles. The second-order valence-corrected chi connectivity index (χ2v) is 11.2. The van der Waals surface area contributed by atoms with E-state index in [1.54, 1.807) is 5.56 Å². The molecule has 4 bridgehead atoms. The maximum absolute atomic E-state index is 12.8. The van der Waals surface area contributed by atoms with Gasteiger partial charge >= 0.3 is 0 Å². The topological polar surface area (TPSA) is 32.3 Å². The fourth-order valence-electron chi connectivity index (χ4n) is 7.83. The van der Waals surface area contributed by atoms with Crippen molar-refractivity contribution in [2.24, 2.45) is 17.3 Å². The summed E-state index contributed by atoms with van der Waals surface area (Å²) in [4.78, 5) is 15.4. The number of fused-ring (bicyclic) bond motifs is 5. The number of nitrogens with one attached hydrogen (secondary N) is 1. The lowest BCUT2D eigenvalue weighted by Gasteiger charge is -2.55. The van der Waals surface area contributed by atoms with Gasteiger partial charge in [-0.25, -0.2) is 0 Å². The molecule has 3 heteroatoms. The fourth-order valence-corrected chi connectivity index (χ4v) is 7.83. The van der Waals surface area contributed by atoms with E-state index in [1.807, 2.05) is 0 Å². The van der Waals surface area contributed by atoms with Gasteiger partial charge in [0.15, 0.2) is 0 Å². The van der Waals surface area contributed by atoms with Crippen LogP contribution in [0, 0.1) is 17.3 Å². The maximum Gasteiger partial charge on any atom is 0.220 e. The summed E-state index contributed by atoms with van der Waals surface area (Å²) in [5.74, 6) is 1.72. The van der Waals surface area contributed by atoms with Crippen LogP contribution in [0.5, 0.6) is 0 Å². The summed E-state index contributed by atoms with van der Waals surface area (Å²) >= 11 is 0. The van der Waals surface area contributed by atoms with Crippen molar-refractivity contribution in [3.63, 3.8) is 0 Å². The van der Waals surface area contributed by atoms with E-state index in [2.05, 4.69) is 47.5 Å². The molecule has 1 unspecified atom stereocenters. The highest BCUT2D eigenvalue weighted by Gasteiger charge is 2.50. The first-order valence-electron chi connectivity index (χ1n) is 12.7. The van der Waals surface area contributed by atoms with Crippen molar-refractivity contribution in [3.8, 4) is 0 Å². The lowest BCUT2D eigenvalue weighted by molar-refractivity contribution is -0.123.